The minimum Gasteiger partial charge on any atom is -0.478 e. The summed E-state index contributed by atoms with van der Waals surface area (Å²) in [6.07, 6.45) is 0.320. The van der Waals surface area contributed by atoms with E-state index in [1.165, 1.54) is 21.7 Å². The van der Waals surface area contributed by atoms with Crippen LogP contribution in [0.15, 0.2) is 42.5 Å². The molecule has 1 aromatic heterocycles. The number of amides is 1. The minimum absolute atomic E-state index is 0.0659. The van der Waals surface area contributed by atoms with Crippen LogP contribution in [-0.2, 0) is 14.8 Å². The summed E-state index contributed by atoms with van der Waals surface area (Å²) in [5.41, 5.74) is 1.12. The van der Waals surface area contributed by atoms with Crippen molar-refractivity contribution in [1.29, 1.82) is 0 Å². The molecule has 2 heterocycles. The standard InChI is InChI=1S/C19H16Cl2N4O4S2/c1-31(27,28)25-9-8-16(29-15-7-6-13(21)10-14(15)25)17(26)22-19-24-23-18(30-19)11-2-4-12(20)5-3-11/h2-7,10,16H,8-9H2,1H3,(H,22,24,26). The average molecular weight is 499 g/mol. The lowest BCUT2D eigenvalue weighted by atomic mass is 10.2. The van der Waals surface area contributed by atoms with E-state index in [2.05, 4.69) is 15.5 Å². The molecule has 1 aliphatic rings. The molecule has 1 aliphatic heterocycles. The third kappa shape index (κ3) is 4.93. The van der Waals surface area contributed by atoms with Crippen LogP contribution in [0.1, 0.15) is 6.42 Å². The third-order valence-corrected chi connectivity index (χ3v) is 7.05. The first kappa shape index (κ1) is 21.8. The first-order valence-electron chi connectivity index (χ1n) is 9.05. The zero-order chi connectivity index (χ0) is 22.2. The number of hydrogen-bond donors (Lipinski definition) is 1. The molecule has 12 heteroatoms. The van der Waals surface area contributed by atoms with E-state index in [0.29, 0.717) is 25.9 Å². The Hall–Kier alpha value is -2.40. The van der Waals surface area contributed by atoms with E-state index in [1.54, 1.807) is 24.3 Å². The number of fused-ring (bicyclic) bond motifs is 1. The molecule has 1 atom stereocenters. The maximum atomic E-state index is 12.8. The number of halogens is 2. The number of nitrogens with one attached hydrogen (secondary N) is 1. The molecule has 0 aliphatic carbocycles. The number of carbonyl (C=O) groups excluding carboxylic acids is 1. The van der Waals surface area contributed by atoms with E-state index in [9.17, 15) is 13.2 Å². The third-order valence-electron chi connectivity index (χ3n) is 4.49. The Labute approximate surface area is 192 Å². The van der Waals surface area contributed by atoms with Gasteiger partial charge in [0.15, 0.2) is 6.10 Å². The van der Waals surface area contributed by atoms with Crippen molar-refractivity contribution < 1.29 is 17.9 Å². The number of anilines is 2. The molecule has 0 fully saturated rings. The van der Waals surface area contributed by atoms with Crippen LogP contribution in [0.4, 0.5) is 10.8 Å². The van der Waals surface area contributed by atoms with Gasteiger partial charge in [-0.1, -0.05) is 46.7 Å². The molecule has 1 unspecified atom stereocenters. The quantitative estimate of drug-likeness (QED) is 0.581. The Morgan fingerprint density at radius 3 is 2.58 bits per heavy atom. The van der Waals surface area contributed by atoms with E-state index in [-0.39, 0.29) is 18.7 Å². The van der Waals surface area contributed by atoms with Crippen molar-refractivity contribution in [2.24, 2.45) is 0 Å². The fourth-order valence-corrected chi connectivity index (χ4v) is 5.03. The Balaban J connectivity index is 1.53. The van der Waals surface area contributed by atoms with Crippen LogP contribution in [0.25, 0.3) is 10.6 Å². The second-order valence-electron chi connectivity index (χ2n) is 6.75. The van der Waals surface area contributed by atoms with Crippen LogP contribution in [0.3, 0.4) is 0 Å². The molecule has 0 spiro atoms. The molecule has 162 valence electrons. The van der Waals surface area contributed by atoms with Crippen molar-refractivity contribution in [2.45, 2.75) is 12.5 Å². The number of hydrogen-bond acceptors (Lipinski definition) is 7. The van der Waals surface area contributed by atoms with E-state index >= 15 is 0 Å². The highest BCUT2D eigenvalue weighted by molar-refractivity contribution is 7.92. The monoisotopic (exact) mass is 498 g/mol. The molecule has 2 aromatic carbocycles. The van der Waals surface area contributed by atoms with Gasteiger partial charge in [-0.05, 0) is 30.3 Å². The zero-order valence-electron chi connectivity index (χ0n) is 16.1. The fourth-order valence-electron chi connectivity index (χ4n) is 3.05. The van der Waals surface area contributed by atoms with Gasteiger partial charge < -0.3 is 4.74 Å². The predicted octanol–water partition coefficient (Wildman–Crippen LogP) is 4.07. The molecule has 3 aromatic rings. The number of nitrogens with zero attached hydrogens (tertiary/aromatic N) is 3. The summed E-state index contributed by atoms with van der Waals surface area (Å²) in [5.74, 6) is -0.193. The van der Waals surface area contributed by atoms with Crippen LogP contribution >= 0.6 is 34.5 Å². The number of carbonyl (C=O) groups is 1. The molecular formula is C19H16Cl2N4O4S2. The molecule has 0 radical (unpaired) electrons. The normalized spacial score (nSPS) is 16.2. The minimum atomic E-state index is -3.58. The Kier molecular flexibility index (Phi) is 6.07. The summed E-state index contributed by atoms with van der Waals surface area (Å²) < 4.78 is 31.5. The molecule has 1 N–H and O–H groups in total. The number of aromatic nitrogens is 2. The van der Waals surface area contributed by atoms with Gasteiger partial charge in [0.25, 0.3) is 5.91 Å². The van der Waals surface area contributed by atoms with E-state index in [1.807, 2.05) is 12.1 Å². The first-order chi connectivity index (χ1) is 14.7. The fraction of sp³-hybridized carbons (Fsp3) is 0.211. The second-order valence-corrected chi connectivity index (χ2v) is 10.5. The smallest absolute Gasteiger partial charge is 0.267 e. The van der Waals surface area contributed by atoms with Gasteiger partial charge in [0.1, 0.15) is 10.8 Å². The van der Waals surface area contributed by atoms with Gasteiger partial charge in [0.2, 0.25) is 15.2 Å². The van der Waals surface area contributed by atoms with E-state index in [4.69, 9.17) is 27.9 Å². The molecule has 4 rings (SSSR count). The molecule has 0 saturated heterocycles. The summed E-state index contributed by atoms with van der Waals surface area (Å²) in [4.78, 5) is 12.8. The van der Waals surface area contributed by atoms with Crippen molar-refractivity contribution in [3.63, 3.8) is 0 Å². The van der Waals surface area contributed by atoms with Crippen LogP contribution in [0.2, 0.25) is 10.0 Å². The topological polar surface area (TPSA) is 101 Å². The van der Waals surface area contributed by atoms with Gasteiger partial charge >= 0.3 is 0 Å². The highest BCUT2D eigenvalue weighted by atomic mass is 35.5. The lowest BCUT2D eigenvalue weighted by molar-refractivity contribution is -0.122. The molecule has 0 saturated carbocycles. The van der Waals surface area contributed by atoms with Gasteiger partial charge in [0.05, 0.1) is 11.9 Å². The van der Waals surface area contributed by atoms with Gasteiger partial charge in [0, 0.05) is 28.6 Å². The Morgan fingerprint density at radius 2 is 1.87 bits per heavy atom. The maximum absolute atomic E-state index is 12.8. The lowest BCUT2D eigenvalue weighted by Crippen LogP contribution is -2.35. The van der Waals surface area contributed by atoms with Crippen LogP contribution in [0.5, 0.6) is 5.75 Å². The summed E-state index contributed by atoms with van der Waals surface area (Å²) in [7, 11) is -3.58. The van der Waals surface area contributed by atoms with Crippen molar-refractivity contribution in [3.8, 4) is 16.3 Å². The highest BCUT2D eigenvalue weighted by Gasteiger charge is 2.32. The van der Waals surface area contributed by atoms with Crippen molar-refractivity contribution in [3.05, 3.63) is 52.5 Å². The van der Waals surface area contributed by atoms with Crippen LogP contribution < -0.4 is 14.4 Å². The molecule has 0 bridgehead atoms. The number of sulfonamides is 1. The number of ether oxygens (including phenoxy) is 1. The zero-order valence-corrected chi connectivity index (χ0v) is 19.2. The summed E-state index contributed by atoms with van der Waals surface area (Å²) in [5, 5.41) is 12.7. The number of benzene rings is 2. The molecule has 31 heavy (non-hydrogen) atoms. The van der Waals surface area contributed by atoms with Gasteiger partial charge in [-0.25, -0.2) is 8.42 Å². The summed E-state index contributed by atoms with van der Waals surface area (Å²) in [6, 6.07) is 11.7. The van der Waals surface area contributed by atoms with Gasteiger partial charge in [-0.3, -0.25) is 14.4 Å². The molecule has 1 amide bonds. The first-order valence-corrected chi connectivity index (χ1v) is 12.5. The van der Waals surface area contributed by atoms with Gasteiger partial charge in [-0.15, -0.1) is 10.2 Å². The van der Waals surface area contributed by atoms with Crippen LogP contribution in [-0.4, -0.2) is 43.4 Å². The van der Waals surface area contributed by atoms with Crippen LogP contribution in [0, 0.1) is 0 Å². The summed E-state index contributed by atoms with van der Waals surface area (Å²) in [6.45, 7) is 0.0659. The van der Waals surface area contributed by atoms with Crippen molar-refractivity contribution in [1.82, 2.24) is 10.2 Å². The number of rotatable bonds is 4. The summed E-state index contributed by atoms with van der Waals surface area (Å²) >= 11 is 13.1. The Bertz CT molecular complexity index is 1230. The molecular weight excluding hydrogens is 483 g/mol. The maximum Gasteiger partial charge on any atom is 0.267 e. The van der Waals surface area contributed by atoms with Crippen molar-refractivity contribution >= 4 is 61.3 Å². The molecule has 8 nitrogen and oxygen atoms in total. The van der Waals surface area contributed by atoms with E-state index in [0.717, 1.165) is 11.8 Å². The van der Waals surface area contributed by atoms with E-state index < -0.39 is 22.0 Å². The van der Waals surface area contributed by atoms with Crippen molar-refractivity contribution in [2.75, 3.05) is 22.4 Å². The Morgan fingerprint density at radius 1 is 1.16 bits per heavy atom. The largest absolute Gasteiger partial charge is 0.478 e. The second kappa shape index (κ2) is 8.62. The lowest BCUT2D eigenvalue weighted by Gasteiger charge is -2.21. The highest BCUT2D eigenvalue weighted by Crippen LogP contribution is 2.36. The predicted molar refractivity (Wildman–Crippen MR) is 122 cm³/mol. The SMILES string of the molecule is CS(=O)(=O)N1CCC(C(=O)Nc2nnc(-c3ccc(Cl)cc3)s2)Oc2ccc(Cl)cc21. The van der Waals surface area contributed by atoms with Gasteiger partial charge in [-0.2, -0.15) is 0 Å². The average Bonchev–Trinajstić information content (AvgIpc) is 3.07.